The fraction of sp³-hybridized carbons (Fsp3) is 0.438. The number of anilines is 1. The molecule has 0 aliphatic heterocycles. The average molecular weight is 270 g/mol. The highest BCUT2D eigenvalue weighted by atomic mass is 15.2. The van der Waals surface area contributed by atoms with Crippen molar-refractivity contribution in [2.45, 2.75) is 31.8 Å². The maximum Gasteiger partial charge on any atom is 0.0522 e. The van der Waals surface area contributed by atoms with Gasteiger partial charge in [-0.25, -0.2) is 0 Å². The summed E-state index contributed by atoms with van der Waals surface area (Å²) in [6.07, 6.45) is 7.73. The Morgan fingerprint density at radius 2 is 2.00 bits per heavy atom. The molecule has 0 atom stereocenters. The van der Waals surface area contributed by atoms with Crippen LogP contribution in [0.2, 0.25) is 0 Å². The number of benzene rings is 1. The summed E-state index contributed by atoms with van der Waals surface area (Å²) in [5.74, 6) is 0. The van der Waals surface area contributed by atoms with Crippen molar-refractivity contribution < 1.29 is 0 Å². The van der Waals surface area contributed by atoms with Gasteiger partial charge in [0.1, 0.15) is 0 Å². The lowest BCUT2D eigenvalue weighted by Gasteiger charge is -2.24. The molecular weight excluding hydrogens is 248 g/mol. The molecule has 4 nitrogen and oxygen atoms in total. The van der Waals surface area contributed by atoms with Crippen LogP contribution in [0.4, 0.5) is 5.69 Å². The van der Waals surface area contributed by atoms with Gasteiger partial charge in [0.2, 0.25) is 0 Å². The fourth-order valence-electron chi connectivity index (χ4n) is 2.58. The van der Waals surface area contributed by atoms with E-state index in [1.54, 1.807) is 0 Å². The molecule has 0 spiro atoms. The van der Waals surface area contributed by atoms with E-state index < -0.39 is 0 Å². The van der Waals surface area contributed by atoms with Crippen LogP contribution in [-0.4, -0.2) is 22.4 Å². The van der Waals surface area contributed by atoms with Crippen molar-refractivity contribution in [1.82, 2.24) is 9.78 Å². The molecule has 0 saturated heterocycles. The smallest absolute Gasteiger partial charge is 0.0522 e. The molecule has 0 radical (unpaired) electrons. The van der Waals surface area contributed by atoms with Crippen LogP contribution >= 0.6 is 0 Å². The molecule has 1 saturated carbocycles. The van der Waals surface area contributed by atoms with Gasteiger partial charge in [-0.1, -0.05) is 12.1 Å². The number of aromatic nitrogens is 2. The van der Waals surface area contributed by atoms with E-state index in [-0.39, 0.29) is 0 Å². The number of hydrogen-bond acceptors (Lipinski definition) is 3. The summed E-state index contributed by atoms with van der Waals surface area (Å²) >= 11 is 0. The lowest BCUT2D eigenvalue weighted by atomic mass is 10.1. The minimum Gasteiger partial charge on any atom is -0.368 e. The van der Waals surface area contributed by atoms with Gasteiger partial charge in [0.15, 0.2) is 0 Å². The van der Waals surface area contributed by atoms with Gasteiger partial charge in [0.25, 0.3) is 0 Å². The second kappa shape index (κ2) is 5.67. The topological polar surface area (TPSA) is 47.1 Å². The second-order valence-corrected chi connectivity index (χ2v) is 5.57. The van der Waals surface area contributed by atoms with Crippen LogP contribution < -0.4 is 10.6 Å². The van der Waals surface area contributed by atoms with E-state index in [0.717, 1.165) is 19.0 Å². The molecule has 0 amide bonds. The van der Waals surface area contributed by atoms with Crippen LogP contribution in [0.3, 0.4) is 0 Å². The molecule has 3 rings (SSSR count). The molecule has 1 fully saturated rings. The molecule has 1 heterocycles. The minimum absolute atomic E-state index is 0.611. The van der Waals surface area contributed by atoms with Crippen LogP contribution in [-0.2, 0) is 20.0 Å². The van der Waals surface area contributed by atoms with Crippen molar-refractivity contribution >= 4 is 5.69 Å². The van der Waals surface area contributed by atoms with Gasteiger partial charge in [-0.2, -0.15) is 5.10 Å². The quantitative estimate of drug-likeness (QED) is 0.874. The summed E-state index contributed by atoms with van der Waals surface area (Å²) in [5, 5.41) is 4.23. The third kappa shape index (κ3) is 3.02. The number of rotatable bonds is 6. The van der Waals surface area contributed by atoms with Gasteiger partial charge in [0.05, 0.1) is 6.20 Å². The first kappa shape index (κ1) is 13.2. The van der Waals surface area contributed by atoms with E-state index in [9.17, 15) is 0 Å². The Morgan fingerprint density at radius 1 is 1.25 bits per heavy atom. The Kier molecular flexibility index (Phi) is 3.74. The second-order valence-electron chi connectivity index (χ2n) is 5.57. The summed E-state index contributed by atoms with van der Waals surface area (Å²) in [4.78, 5) is 2.52. The Bertz CT molecular complexity index is 554. The van der Waals surface area contributed by atoms with Crippen molar-refractivity contribution in [3.05, 3.63) is 47.8 Å². The SMILES string of the molecule is Cn1cc(CCN(c2ccc(CN)cc2)C2CC2)cn1. The van der Waals surface area contributed by atoms with Crippen molar-refractivity contribution in [3.8, 4) is 0 Å². The van der Waals surface area contributed by atoms with E-state index in [0.29, 0.717) is 6.54 Å². The van der Waals surface area contributed by atoms with Crippen LogP contribution in [0.25, 0.3) is 0 Å². The Hall–Kier alpha value is -1.81. The summed E-state index contributed by atoms with van der Waals surface area (Å²) in [6, 6.07) is 9.38. The number of hydrogen-bond donors (Lipinski definition) is 1. The van der Waals surface area contributed by atoms with Crippen molar-refractivity contribution in [2.24, 2.45) is 12.8 Å². The maximum atomic E-state index is 5.66. The fourth-order valence-corrected chi connectivity index (χ4v) is 2.58. The zero-order valence-electron chi connectivity index (χ0n) is 12.0. The summed E-state index contributed by atoms with van der Waals surface area (Å²) in [6.45, 7) is 1.66. The van der Waals surface area contributed by atoms with Crippen LogP contribution in [0.5, 0.6) is 0 Å². The monoisotopic (exact) mass is 270 g/mol. The van der Waals surface area contributed by atoms with E-state index >= 15 is 0 Å². The Morgan fingerprint density at radius 3 is 2.55 bits per heavy atom. The zero-order chi connectivity index (χ0) is 13.9. The van der Waals surface area contributed by atoms with Gasteiger partial charge in [-0.15, -0.1) is 0 Å². The van der Waals surface area contributed by atoms with Gasteiger partial charge >= 0.3 is 0 Å². The predicted molar refractivity (Wildman–Crippen MR) is 81.6 cm³/mol. The summed E-state index contributed by atoms with van der Waals surface area (Å²) in [5.41, 5.74) is 9.47. The highest BCUT2D eigenvalue weighted by Gasteiger charge is 2.28. The third-order valence-corrected chi connectivity index (χ3v) is 3.89. The van der Waals surface area contributed by atoms with Gasteiger partial charge < -0.3 is 10.6 Å². The highest BCUT2D eigenvalue weighted by molar-refractivity contribution is 5.50. The number of nitrogens with zero attached hydrogens (tertiary/aromatic N) is 3. The molecule has 2 aromatic rings. The van der Waals surface area contributed by atoms with Crippen molar-refractivity contribution in [2.75, 3.05) is 11.4 Å². The molecule has 0 bridgehead atoms. The third-order valence-electron chi connectivity index (χ3n) is 3.89. The van der Waals surface area contributed by atoms with Gasteiger partial charge in [0, 0.05) is 38.1 Å². The zero-order valence-corrected chi connectivity index (χ0v) is 12.0. The molecular formula is C16H22N4. The van der Waals surface area contributed by atoms with Crippen LogP contribution in [0, 0.1) is 0 Å². The molecule has 1 aliphatic rings. The van der Waals surface area contributed by atoms with Crippen LogP contribution in [0.15, 0.2) is 36.7 Å². The van der Waals surface area contributed by atoms with Crippen LogP contribution in [0.1, 0.15) is 24.0 Å². The first-order chi connectivity index (χ1) is 9.76. The number of aryl methyl sites for hydroxylation is 1. The van der Waals surface area contributed by atoms with E-state index in [1.165, 1.54) is 29.7 Å². The van der Waals surface area contributed by atoms with Crippen molar-refractivity contribution in [3.63, 3.8) is 0 Å². The Labute approximate surface area is 120 Å². The lowest BCUT2D eigenvalue weighted by molar-refractivity contribution is 0.761. The molecule has 2 N–H and O–H groups in total. The van der Waals surface area contributed by atoms with Crippen molar-refractivity contribution in [1.29, 1.82) is 0 Å². The van der Waals surface area contributed by atoms with E-state index in [4.69, 9.17) is 5.73 Å². The molecule has 1 aromatic heterocycles. The highest BCUT2D eigenvalue weighted by Crippen LogP contribution is 2.31. The molecule has 1 aliphatic carbocycles. The predicted octanol–water partition coefficient (Wildman–Crippen LogP) is 2.09. The number of nitrogens with two attached hydrogens (primary N) is 1. The molecule has 20 heavy (non-hydrogen) atoms. The molecule has 1 aromatic carbocycles. The molecule has 4 heteroatoms. The van der Waals surface area contributed by atoms with Gasteiger partial charge in [-0.3, -0.25) is 4.68 Å². The first-order valence-electron chi connectivity index (χ1n) is 7.29. The standard InChI is InChI=1S/C16H22N4/c1-19-12-14(11-18-19)8-9-20(16-6-7-16)15-4-2-13(10-17)3-5-15/h2-5,11-12,16H,6-10,17H2,1H3. The largest absolute Gasteiger partial charge is 0.368 e. The van der Waals surface area contributed by atoms with Gasteiger partial charge in [-0.05, 0) is 42.5 Å². The summed E-state index contributed by atoms with van der Waals surface area (Å²) < 4.78 is 1.87. The minimum atomic E-state index is 0.611. The average Bonchev–Trinajstić information content (AvgIpc) is 3.22. The molecule has 0 unspecified atom stereocenters. The molecule has 106 valence electrons. The first-order valence-corrected chi connectivity index (χ1v) is 7.29. The summed E-state index contributed by atoms with van der Waals surface area (Å²) in [7, 11) is 1.97. The maximum absolute atomic E-state index is 5.66. The Balaban J connectivity index is 1.68. The normalized spacial score (nSPS) is 14.5. The van der Waals surface area contributed by atoms with E-state index in [1.807, 2.05) is 17.9 Å². The van der Waals surface area contributed by atoms with E-state index in [2.05, 4.69) is 40.5 Å². The lowest BCUT2D eigenvalue weighted by Crippen LogP contribution is -2.28.